The van der Waals surface area contributed by atoms with Gasteiger partial charge >= 0.3 is 6.18 Å². The van der Waals surface area contributed by atoms with E-state index >= 15 is 0 Å². The van der Waals surface area contributed by atoms with E-state index in [1.54, 1.807) is 6.07 Å². The van der Waals surface area contributed by atoms with E-state index in [1.807, 2.05) is 24.3 Å². The summed E-state index contributed by atoms with van der Waals surface area (Å²) >= 11 is 0. The fourth-order valence-corrected chi connectivity index (χ4v) is 6.40. The molecule has 8 nitrogen and oxygen atoms in total. The molecule has 2 aromatic carbocycles. The summed E-state index contributed by atoms with van der Waals surface area (Å²) in [6.07, 6.45) is -4.24. The molecule has 3 heterocycles. The zero-order chi connectivity index (χ0) is 29.1. The summed E-state index contributed by atoms with van der Waals surface area (Å²) in [6, 6.07) is 14.6. The highest BCUT2D eigenvalue weighted by atomic mass is 19.4. The Bertz CT molecular complexity index is 1210. The number of alkyl halides is 3. The van der Waals surface area contributed by atoms with Crippen LogP contribution in [0.25, 0.3) is 0 Å². The summed E-state index contributed by atoms with van der Waals surface area (Å²) in [5, 5.41) is 2.96. The molecule has 3 saturated heterocycles. The number of nitrogens with zero attached hydrogens (tertiary/aromatic N) is 1. The van der Waals surface area contributed by atoms with Crippen molar-refractivity contribution in [2.75, 3.05) is 53.2 Å². The molecule has 3 aliphatic rings. The number of nitrogens with one attached hydrogen (secondary N) is 1. The van der Waals surface area contributed by atoms with E-state index in [-0.39, 0.29) is 43.0 Å². The molecule has 0 aromatic heterocycles. The van der Waals surface area contributed by atoms with Gasteiger partial charge in [-0.05, 0) is 29.9 Å². The molecule has 2 aromatic rings. The topological polar surface area (TPSA) is 86.3 Å². The molecule has 0 bridgehead atoms. The normalized spacial score (nSPS) is 24.4. The Balaban J connectivity index is 1.38. The van der Waals surface area contributed by atoms with E-state index in [2.05, 4.69) is 5.32 Å². The lowest BCUT2D eigenvalue weighted by Gasteiger charge is -2.50. The van der Waals surface area contributed by atoms with E-state index in [0.29, 0.717) is 51.6 Å². The summed E-state index contributed by atoms with van der Waals surface area (Å²) < 4.78 is 66.0. The van der Waals surface area contributed by atoms with Gasteiger partial charge in [0, 0.05) is 44.6 Å². The van der Waals surface area contributed by atoms with Crippen LogP contribution in [-0.2, 0) is 29.4 Å². The summed E-state index contributed by atoms with van der Waals surface area (Å²) in [5.41, 5.74) is -3.03. The van der Waals surface area contributed by atoms with Crippen LogP contribution in [0.1, 0.15) is 36.3 Å². The van der Waals surface area contributed by atoms with Crippen LogP contribution in [0.2, 0.25) is 0 Å². The van der Waals surface area contributed by atoms with Crippen molar-refractivity contribution in [3.63, 3.8) is 0 Å². The van der Waals surface area contributed by atoms with Crippen molar-refractivity contribution in [3.05, 3.63) is 65.7 Å². The van der Waals surface area contributed by atoms with Gasteiger partial charge in [0.1, 0.15) is 18.5 Å². The van der Waals surface area contributed by atoms with Crippen LogP contribution in [0.15, 0.2) is 54.6 Å². The standard InChI is InChI=1S/C30H35F3N2O6/c1-38-29(30(31,32)33,21-7-3-2-4-8-21)27(37)35-13-11-28(12-14-35)17-26(36)34-18-24(28)23-9-5-6-10-25(23)41-20-22-19-39-15-16-40-22/h2-10,22,24H,11-20H2,1H3,(H,34,36)/t22?,24?,29-/m1/s1. The number of benzene rings is 2. The second-order valence-corrected chi connectivity index (χ2v) is 10.9. The Morgan fingerprint density at radius 3 is 2.44 bits per heavy atom. The van der Waals surface area contributed by atoms with E-state index in [4.69, 9.17) is 18.9 Å². The van der Waals surface area contributed by atoms with Gasteiger partial charge < -0.3 is 29.2 Å². The zero-order valence-electron chi connectivity index (χ0n) is 23.0. The molecule has 5 rings (SSSR count). The number of amides is 2. The van der Waals surface area contributed by atoms with Gasteiger partial charge in [0.25, 0.3) is 11.5 Å². The summed E-state index contributed by atoms with van der Waals surface area (Å²) in [5.74, 6) is -0.747. The molecule has 11 heteroatoms. The molecule has 0 saturated carbocycles. The minimum absolute atomic E-state index is 0.0624. The second kappa shape index (κ2) is 12.0. The van der Waals surface area contributed by atoms with Crippen molar-refractivity contribution >= 4 is 11.8 Å². The predicted molar refractivity (Wildman–Crippen MR) is 142 cm³/mol. The molecule has 0 radical (unpaired) electrons. The molecular formula is C30H35F3N2O6. The number of hydrogen-bond acceptors (Lipinski definition) is 6. The molecule has 2 unspecified atom stereocenters. The van der Waals surface area contributed by atoms with E-state index in [0.717, 1.165) is 12.7 Å². The first kappa shape index (κ1) is 29.3. The van der Waals surface area contributed by atoms with E-state index in [1.165, 1.54) is 29.2 Å². The number of methoxy groups -OCH3 is 1. The largest absolute Gasteiger partial charge is 0.490 e. The van der Waals surface area contributed by atoms with E-state index < -0.39 is 23.1 Å². The van der Waals surface area contributed by atoms with E-state index in [9.17, 15) is 22.8 Å². The molecule has 1 spiro atoms. The van der Waals surface area contributed by atoms with Crippen molar-refractivity contribution in [2.45, 2.75) is 43.1 Å². The van der Waals surface area contributed by atoms with Crippen LogP contribution in [-0.4, -0.2) is 82.2 Å². The van der Waals surface area contributed by atoms with Gasteiger partial charge in [0.2, 0.25) is 5.91 Å². The third kappa shape index (κ3) is 5.67. The lowest BCUT2D eigenvalue weighted by atomic mass is 9.62. The maximum Gasteiger partial charge on any atom is 0.430 e. The molecule has 3 fully saturated rings. The van der Waals surface area contributed by atoms with Crippen LogP contribution in [0.4, 0.5) is 13.2 Å². The van der Waals surface area contributed by atoms with Crippen molar-refractivity contribution in [1.29, 1.82) is 0 Å². The Morgan fingerprint density at radius 2 is 1.78 bits per heavy atom. The Morgan fingerprint density at radius 1 is 1.07 bits per heavy atom. The Labute approximate surface area is 237 Å². The summed E-state index contributed by atoms with van der Waals surface area (Å²) in [6.45, 7) is 2.30. The minimum Gasteiger partial charge on any atom is -0.490 e. The van der Waals surface area contributed by atoms with Gasteiger partial charge in [-0.3, -0.25) is 9.59 Å². The van der Waals surface area contributed by atoms with Gasteiger partial charge in [0.05, 0.1) is 19.8 Å². The number of piperidine rings is 2. The highest BCUT2D eigenvalue weighted by molar-refractivity contribution is 5.88. The minimum atomic E-state index is -4.98. The lowest BCUT2D eigenvalue weighted by molar-refractivity contribution is -0.271. The molecule has 41 heavy (non-hydrogen) atoms. The molecule has 3 aliphatic heterocycles. The average Bonchev–Trinajstić information content (AvgIpc) is 2.98. The summed E-state index contributed by atoms with van der Waals surface area (Å²) in [4.78, 5) is 27.5. The Kier molecular flexibility index (Phi) is 8.58. The predicted octanol–water partition coefficient (Wildman–Crippen LogP) is 3.80. The van der Waals surface area contributed by atoms with Crippen molar-refractivity contribution in [1.82, 2.24) is 10.2 Å². The monoisotopic (exact) mass is 576 g/mol. The number of halogens is 3. The highest BCUT2D eigenvalue weighted by Crippen LogP contribution is 2.52. The van der Waals surface area contributed by atoms with Crippen molar-refractivity contribution in [2.24, 2.45) is 5.41 Å². The van der Waals surface area contributed by atoms with Crippen molar-refractivity contribution in [3.8, 4) is 5.75 Å². The molecule has 0 aliphatic carbocycles. The number of ether oxygens (including phenoxy) is 4. The molecule has 222 valence electrons. The van der Waals surface area contributed by atoms with Crippen LogP contribution in [0.3, 0.4) is 0 Å². The van der Waals surface area contributed by atoms with Crippen LogP contribution in [0, 0.1) is 5.41 Å². The van der Waals surface area contributed by atoms with Gasteiger partial charge in [0.15, 0.2) is 0 Å². The van der Waals surface area contributed by atoms with Crippen LogP contribution < -0.4 is 10.1 Å². The molecule has 1 N–H and O–H groups in total. The number of rotatable bonds is 7. The zero-order valence-corrected chi connectivity index (χ0v) is 23.0. The number of carbonyl (C=O) groups is 2. The third-order valence-electron chi connectivity index (χ3n) is 8.59. The highest BCUT2D eigenvalue weighted by Gasteiger charge is 2.64. The second-order valence-electron chi connectivity index (χ2n) is 10.9. The average molecular weight is 577 g/mol. The third-order valence-corrected chi connectivity index (χ3v) is 8.59. The van der Waals surface area contributed by atoms with Crippen molar-refractivity contribution < 1.29 is 41.7 Å². The fraction of sp³-hybridized carbons (Fsp3) is 0.533. The number of carbonyl (C=O) groups excluding carboxylic acids is 2. The number of para-hydroxylation sites is 1. The first-order valence-electron chi connectivity index (χ1n) is 13.8. The fourth-order valence-electron chi connectivity index (χ4n) is 6.40. The van der Waals surface area contributed by atoms with Gasteiger partial charge in [-0.25, -0.2) is 0 Å². The smallest absolute Gasteiger partial charge is 0.430 e. The van der Waals surface area contributed by atoms with Gasteiger partial charge in [-0.2, -0.15) is 13.2 Å². The number of likely N-dealkylation sites (tertiary alicyclic amines) is 1. The van der Waals surface area contributed by atoms with Gasteiger partial charge in [-0.1, -0.05) is 48.5 Å². The molecule has 3 atom stereocenters. The van der Waals surface area contributed by atoms with Crippen LogP contribution in [0.5, 0.6) is 5.75 Å². The van der Waals surface area contributed by atoms with Crippen LogP contribution >= 0.6 is 0 Å². The number of hydrogen-bond donors (Lipinski definition) is 1. The molecule has 2 amide bonds. The SMILES string of the molecule is CO[C@@](C(=O)N1CCC2(CC1)CC(=O)NCC2c1ccccc1OCC1COCCO1)(c1ccccc1)C(F)(F)F. The van der Waals surface area contributed by atoms with Gasteiger partial charge in [-0.15, -0.1) is 0 Å². The lowest BCUT2D eigenvalue weighted by Crippen LogP contribution is -2.60. The maximum atomic E-state index is 14.5. The quantitative estimate of drug-likeness (QED) is 0.540. The summed E-state index contributed by atoms with van der Waals surface area (Å²) in [7, 11) is 0.909. The first-order chi connectivity index (χ1) is 19.7. The molecular weight excluding hydrogens is 541 g/mol. The maximum absolute atomic E-state index is 14.5. The Hall–Kier alpha value is -3.15. The first-order valence-corrected chi connectivity index (χ1v) is 13.8.